The van der Waals surface area contributed by atoms with Gasteiger partial charge >= 0.3 is 0 Å². The molecule has 1 amide bonds. The summed E-state index contributed by atoms with van der Waals surface area (Å²) in [5.41, 5.74) is -4.05. The zero-order valence-electron chi connectivity index (χ0n) is 18.9. The minimum atomic E-state index is -3.09. The summed E-state index contributed by atoms with van der Waals surface area (Å²) in [5, 5.41) is 67.3. The second-order valence-corrected chi connectivity index (χ2v) is 9.67. The maximum atomic E-state index is 13.9. The number of amides is 1. The minimum absolute atomic E-state index is 0.000711. The van der Waals surface area contributed by atoms with Gasteiger partial charge in [0.2, 0.25) is 5.78 Å². The van der Waals surface area contributed by atoms with Gasteiger partial charge in [-0.05, 0) is 32.6 Å². The maximum Gasteiger partial charge on any atom is 0.255 e. The first-order valence-corrected chi connectivity index (χ1v) is 10.5. The molecule has 11 heteroatoms. The van der Waals surface area contributed by atoms with Gasteiger partial charge in [0, 0.05) is 0 Å². The van der Waals surface area contributed by atoms with E-state index in [1.807, 2.05) is 0 Å². The predicted octanol–water partition coefficient (Wildman–Crippen LogP) is -1.01. The summed E-state index contributed by atoms with van der Waals surface area (Å²) in [6.07, 6.45) is -1.93. The molecule has 0 saturated heterocycles. The molecule has 0 heterocycles. The van der Waals surface area contributed by atoms with Crippen molar-refractivity contribution in [2.24, 2.45) is 17.1 Å². The molecular formula is C23H26N2O9. The van der Waals surface area contributed by atoms with E-state index in [9.17, 15) is 45.0 Å². The molecule has 34 heavy (non-hydrogen) atoms. The Hall–Kier alpha value is -3.25. The summed E-state index contributed by atoms with van der Waals surface area (Å²) in [5.74, 6) is -8.02. The van der Waals surface area contributed by atoms with Crippen molar-refractivity contribution in [3.05, 3.63) is 46.2 Å². The van der Waals surface area contributed by atoms with Crippen LogP contribution >= 0.6 is 0 Å². The predicted molar refractivity (Wildman–Crippen MR) is 116 cm³/mol. The molecule has 182 valence electrons. The van der Waals surface area contributed by atoms with Crippen molar-refractivity contribution in [2.75, 3.05) is 14.1 Å². The molecule has 0 bridgehead atoms. The number of aromatic hydroxyl groups is 1. The van der Waals surface area contributed by atoms with Crippen LogP contribution in [0.3, 0.4) is 0 Å². The third-order valence-electron chi connectivity index (χ3n) is 7.68. The van der Waals surface area contributed by atoms with E-state index in [0.717, 1.165) is 0 Å². The van der Waals surface area contributed by atoms with Crippen molar-refractivity contribution in [1.82, 2.24) is 4.90 Å². The van der Waals surface area contributed by atoms with Gasteiger partial charge in [-0.3, -0.25) is 19.3 Å². The average molecular weight is 474 g/mol. The Labute approximate surface area is 194 Å². The zero-order valence-corrected chi connectivity index (χ0v) is 18.9. The molecule has 0 aliphatic heterocycles. The Morgan fingerprint density at radius 2 is 1.68 bits per heavy atom. The van der Waals surface area contributed by atoms with E-state index in [2.05, 4.69) is 0 Å². The van der Waals surface area contributed by atoms with E-state index in [0.29, 0.717) is 0 Å². The Kier molecular flexibility index (Phi) is 4.84. The zero-order chi connectivity index (χ0) is 25.7. The van der Waals surface area contributed by atoms with Crippen molar-refractivity contribution < 1.29 is 45.0 Å². The fourth-order valence-corrected chi connectivity index (χ4v) is 6.09. The molecule has 1 unspecified atom stereocenters. The maximum absolute atomic E-state index is 13.9. The molecule has 0 aromatic heterocycles. The molecule has 1 saturated carbocycles. The second kappa shape index (κ2) is 6.89. The number of nitrogens with zero attached hydrogens (tertiary/aromatic N) is 1. The van der Waals surface area contributed by atoms with Crippen LogP contribution in [0.2, 0.25) is 0 Å². The molecule has 1 aromatic carbocycles. The van der Waals surface area contributed by atoms with Gasteiger partial charge in [0.05, 0.1) is 40.2 Å². The molecule has 3 aliphatic carbocycles. The minimum Gasteiger partial charge on any atom is -0.508 e. The number of nitrogens with two attached hydrogens (primary N) is 1. The number of benzene rings is 1. The van der Waals surface area contributed by atoms with Gasteiger partial charge in [0.15, 0.2) is 11.4 Å². The van der Waals surface area contributed by atoms with Gasteiger partial charge in [0.1, 0.15) is 22.8 Å². The molecule has 8 N–H and O–H groups in total. The SMILES string of the molecule is CN(C)C1C(=O)C(C(N)=O)=C(O)[C@@]2(O)C(=O)C3=C(O)c4c(O)cccc4[C@@](C)(O)[C@H]3[C@H](O)[C@@]12C. The molecular weight excluding hydrogens is 448 g/mol. The summed E-state index contributed by atoms with van der Waals surface area (Å²) in [6.45, 7) is 2.43. The van der Waals surface area contributed by atoms with Crippen LogP contribution in [0.25, 0.3) is 5.76 Å². The summed E-state index contributed by atoms with van der Waals surface area (Å²) in [4.78, 5) is 40.5. The number of hydrogen-bond donors (Lipinski definition) is 7. The number of carbonyl (C=O) groups excluding carboxylic acids is 3. The number of aliphatic hydroxyl groups is 5. The standard InChI is InChI=1S/C23H26N2O9/c1-21-16(25(3)4)15(28)12(20(24)32)18(30)23(21,34)17(29)11-13(19(21)31)22(2,33)8-6-5-7-9(26)10(8)14(11)27/h5-7,13,16,19,26-27,30-31,33-34H,1-4H3,(H2,24,32)/t13-,16?,19+,21-,22-,23+/m1/s1. The second-order valence-electron chi connectivity index (χ2n) is 9.67. The smallest absolute Gasteiger partial charge is 0.255 e. The summed E-state index contributed by atoms with van der Waals surface area (Å²) < 4.78 is 0. The number of Topliss-reactive ketones (excluding diaryl/α,β-unsaturated/α-hetero) is 2. The highest BCUT2D eigenvalue weighted by Gasteiger charge is 2.76. The van der Waals surface area contributed by atoms with Gasteiger partial charge in [-0.25, -0.2) is 0 Å². The molecule has 0 radical (unpaired) electrons. The lowest BCUT2D eigenvalue weighted by Gasteiger charge is -2.61. The van der Waals surface area contributed by atoms with Gasteiger partial charge in [-0.15, -0.1) is 0 Å². The molecule has 6 atom stereocenters. The molecule has 1 fully saturated rings. The van der Waals surface area contributed by atoms with Crippen molar-refractivity contribution >= 4 is 23.2 Å². The Morgan fingerprint density at radius 1 is 1.09 bits per heavy atom. The number of phenols is 1. The Bertz CT molecular complexity index is 1230. The number of ketones is 2. The first kappa shape index (κ1) is 23.9. The lowest BCUT2D eigenvalue weighted by Crippen LogP contribution is -2.77. The van der Waals surface area contributed by atoms with Crippen molar-refractivity contribution in [2.45, 2.75) is 37.2 Å². The number of likely N-dealkylation sites (N-methyl/N-ethyl adjacent to an activating group) is 1. The highest BCUT2D eigenvalue weighted by atomic mass is 16.4. The fourth-order valence-electron chi connectivity index (χ4n) is 6.09. The Morgan fingerprint density at radius 3 is 2.21 bits per heavy atom. The number of carbonyl (C=O) groups is 3. The highest BCUT2D eigenvalue weighted by Crippen LogP contribution is 2.61. The number of hydrogen-bond acceptors (Lipinski definition) is 10. The largest absolute Gasteiger partial charge is 0.508 e. The number of phenolic OH excluding ortho intramolecular Hbond substituents is 1. The molecule has 4 rings (SSSR count). The van der Waals surface area contributed by atoms with Crippen LogP contribution in [0.15, 0.2) is 35.1 Å². The Balaban J connectivity index is 2.16. The number of fused-ring (bicyclic) bond motifs is 3. The van der Waals surface area contributed by atoms with Crippen molar-refractivity contribution in [3.8, 4) is 5.75 Å². The van der Waals surface area contributed by atoms with Gasteiger partial charge in [-0.2, -0.15) is 0 Å². The van der Waals surface area contributed by atoms with Crippen molar-refractivity contribution in [3.63, 3.8) is 0 Å². The van der Waals surface area contributed by atoms with E-state index in [1.54, 1.807) is 0 Å². The van der Waals surface area contributed by atoms with Crippen LogP contribution in [0, 0.1) is 11.3 Å². The topological polar surface area (TPSA) is 202 Å². The van der Waals surface area contributed by atoms with Crippen LogP contribution in [-0.2, 0) is 20.0 Å². The fraction of sp³-hybridized carbons (Fsp3) is 0.435. The first-order valence-electron chi connectivity index (χ1n) is 10.5. The monoisotopic (exact) mass is 474 g/mol. The third-order valence-corrected chi connectivity index (χ3v) is 7.68. The summed E-state index contributed by atoms with van der Waals surface area (Å²) >= 11 is 0. The van der Waals surface area contributed by atoms with E-state index in [-0.39, 0.29) is 11.1 Å². The molecule has 1 aromatic rings. The number of rotatable bonds is 2. The quantitative estimate of drug-likeness (QED) is 0.260. The van der Waals surface area contributed by atoms with E-state index < -0.39 is 80.6 Å². The molecule has 11 nitrogen and oxygen atoms in total. The third kappa shape index (κ3) is 2.41. The molecule has 3 aliphatic rings. The average Bonchev–Trinajstić information content (AvgIpc) is 2.72. The van der Waals surface area contributed by atoms with Crippen LogP contribution < -0.4 is 5.73 Å². The lowest BCUT2D eigenvalue weighted by molar-refractivity contribution is -0.213. The van der Waals surface area contributed by atoms with E-state index in [1.165, 1.54) is 51.0 Å². The van der Waals surface area contributed by atoms with Gasteiger partial charge < -0.3 is 36.4 Å². The van der Waals surface area contributed by atoms with E-state index >= 15 is 0 Å². The van der Waals surface area contributed by atoms with Gasteiger partial charge in [0.25, 0.3) is 5.91 Å². The van der Waals surface area contributed by atoms with E-state index in [4.69, 9.17) is 5.73 Å². The summed E-state index contributed by atoms with van der Waals surface area (Å²) in [6, 6.07) is 2.45. The van der Waals surface area contributed by atoms with Crippen LogP contribution in [0.5, 0.6) is 5.75 Å². The summed E-state index contributed by atoms with van der Waals surface area (Å²) in [7, 11) is 2.81. The molecule has 0 spiro atoms. The van der Waals surface area contributed by atoms with Crippen LogP contribution in [-0.4, -0.2) is 84.9 Å². The van der Waals surface area contributed by atoms with Crippen LogP contribution in [0.4, 0.5) is 0 Å². The normalized spacial score (nSPS) is 37.5. The first-order chi connectivity index (χ1) is 15.6. The van der Waals surface area contributed by atoms with Crippen LogP contribution in [0.1, 0.15) is 25.0 Å². The number of primary amides is 1. The highest BCUT2D eigenvalue weighted by molar-refractivity contribution is 6.25. The number of aliphatic hydroxyl groups excluding tert-OH is 3. The lowest BCUT2D eigenvalue weighted by atomic mass is 9.46. The van der Waals surface area contributed by atoms with Gasteiger partial charge in [-0.1, -0.05) is 19.1 Å². The van der Waals surface area contributed by atoms with Crippen molar-refractivity contribution in [1.29, 1.82) is 0 Å².